The molecule has 2 atom stereocenters. The van der Waals surface area contributed by atoms with Crippen LogP contribution in [0.1, 0.15) is 24.9 Å². The standard InChI is InChI=1S/C17H21NO2/c1-3-16(17(18)13-7-5-4-6-8-13)20-15-11-9-14(19-2)10-12-15/h4-12,16-17H,3,18H2,1-2H3. The molecule has 0 aromatic heterocycles. The summed E-state index contributed by atoms with van der Waals surface area (Å²) in [6, 6.07) is 17.5. The molecule has 0 amide bonds. The lowest BCUT2D eigenvalue weighted by molar-refractivity contribution is 0.166. The SMILES string of the molecule is CCC(Oc1ccc(OC)cc1)C(N)c1ccccc1. The molecule has 0 spiro atoms. The Bertz CT molecular complexity index is 510. The molecule has 0 aliphatic carbocycles. The average molecular weight is 271 g/mol. The molecule has 0 aliphatic heterocycles. The molecular formula is C17H21NO2. The van der Waals surface area contributed by atoms with Crippen molar-refractivity contribution < 1.29 is 9.47 Å². The highest BCUT2D eigenvalue weighted by atomic mass is 16.5. The molecule has 2 unspecified atom stereocenters. The second kappa shape index (κ2) is 6.96. The van der Waals surface area contributed by atoms with E-state index in [0.717, 1.165) is 23.5 Å². The van der Waals surface area contributed by atoms with Gasteiger partial charge in [-0.15, -0.1) is 0 Å². The summed E-state index contributed by atoms with van der Waals surface area (Å²) in [5, 5.41) is 0. The lowest BCUT2D eigenvalue weighted by Crippen LogP contribution is -2.30. The number of methoxy groups -OCH3 is 1. The maximum atomic E-state index is 6.30. The number of nitrogens with two attached hydrogens (primary N) is 1. The van der Waals surface area contributed by atoms with Gasteiger partial charge in [-0.1, -0.05) is 37.3 Å². The number of hydrogen-bond acceptors (Lipinski definition) is 3. The van der Waals surface area contributed by atoms with Crippen molar-refractivity contribution in [3.8, 4) is 11.5 Å². The van der Waals surface area contributed by atoms with Gasteiger partial charge in [-0.3, -0.25) is 0 Å². The fourth-order valence-corrected chi connectivity index (χ4v) is 2.13. The molecule has 20 heavy (non-hydrogen) atoms. The third-order valence-corrected chi connectivity index (χ3v) is 3.33. The van der Waals surface area contributed by atoms with E-state index in [-0.39, 0.29) is 12.1 Å². The normalized spacial score (nSPS) is 13.6. The average Bonchev–Trinajstić information content (AvgIpc) is 2.53. The van der Waals surface area contributed by atoms with Crippen LogP contribution in [-0.2, 0) is 0 Å². The molecule has 0 aliphatic rings. The van der Waals surface area contributed by atoms with E-state index in [1.54, 1.807) is 7.11 Å². The zero-order valence-corrected chi connectivity index (χ0v) is 12.0. The first kappa shape index (κ1) is 14.4. The van der Waals surface area contributed by atoms with Crippen LogP contribution in [0.3, 0.4) is 0 Å². The molecule has 0 saturated heterocycles. The Kier molecular flexibility index (Phi) is 5.02. The topological polar surface area (TPSA) is 44.5 Å². The van der Waals surface area contributed by atoms with E-state index in [9.17, 15) is 0 Å². The Hall–Kier alpha value is -2.00. The quantitative estimate of drug-likeness (QED) is 0.873. The van der Waals surface area contributed by atoms with Gasteiger partial charge in [-0.05, 0) is 36.2 Å². The van der Waals surface area contributed by atoms with Crippen LogP contribution in [0, 0.1) is 0 Å². The van der Waals surface area contributed by atoms with E-state index >= 15 is 0 Å². The number of ether oxygens (including phenoxy) is 2. The van der Waals surface area contributed by atoms with Crippen LogP contribution in [0.5, 0.6) is 11.5 Å². The predicted octanol–water partition coefficient (Wildman–Crippen LogP) is 3.55. The van der Waals surface area contributed by atoms with Gasteiger partial charge in [0.15, 0.2) is 0 Å². The van der Waals surface area contributed by atoms with Gasteiger partial charge in [0.2, 0.25) is 0 Å². The summed E-state index contributed by atoms with van der Waals surface area (Å²) < 4.78 is 11.1. The minimum atomic E-state index is -0.136. The van der Waals surface area contributed by atoms with Crippen molar-refractivity contribution in [2.75, 3.05) is 7.11 Å². The predicted molar refractivity (Wildman–Crippen MR) is 81.1 cm³/mol. The zero-order valence-electron chi connectivity index (χ0n) is 12.0. The summed E-state index contributed by atoms with van der Waals surface area (Å²) >= 11 is 0. The van der Waals surface area contributed by atoms with Crippen LogP contribution in [0.25, 0.3) is 0 Å². The Balaban J connectivity index is 2.08. The van der Waals surface area contributed by atoms with Gasteiger partial charge in [-0.2, -0.15) is 0 Å². The van der Waals surface area contributed by atoms with Gasteiger partial charge < -0.3 is 15.2 Å². The molecule has 106 valence electrons. The highest BCUT2D eigenvalue weighted by Gasteiger charge is 2.19. The molecule has 2 aromatic carbocycles. The Morgan fingerprint density at radius 1 is 0.950 bits per heavy atom. The molecule has 3 nitrogen and oxygen atoms in total. The van der Waals surface area contributed by atoms with Crippen LogP contribution in [0.4, 0.5) is 0 Å². The second-order valence-corrected chi connectivity index (χ2v) is 4.68. The smallest absolute Gasteiger partial charge is 0.120 e. The second-order valence-electron chi connectivity index (χ2n) is 4.68. The molecule has 0 bridgehead atoms. The van der Waals surface area contributed by atoms with Crippen molar-refractivity contribution >= 4 is 0 Å². The maximum Gasteiger partial charge on any atom is 0.120 e. The minimum Gasteiger partial charge on any atom is -0.497 e. The molecule has 0 heterocycles. The van der Waals surface area contributed by atoms with Crippen molar-refractivity contribution in [2.24, 2.45) is 5.73 Å². The third-order valence-electron chi connectivity index (χ3n) is 3.33. The lowest BCUT2D eigenvalue weighted by atomic mass is 10.0. The van der Waals surface area contributed by atoms with Crippen LogP contribution < -0.4 is 15.2 Å². The molecule has 2 rings (SSSR count). The van der Waals surface area contributed by atoms with E-state index in [0.29, 0.717) is 0 Å². The summed E-state index contributed by atoms with van der Waals surface area (Å²) in [6.45, 7) is 2.08. The van der Waals surface area contributed by atoms with E-state index in [2.05, 4.69) is 6.92 Å². The molecule has 2 N–H and O–H groups in total. The summed E-state index contributed by atoms with van der Waals surface area (Å²) in [5.41, 5.74) is 7.39. The van der Waals surface area contributed by atoms with Crippen LogP contribution in [-0.4, -0.2) is 13.2 Å². The van der Waals surface area contributed by atoms with Gasteiger partial charge in [0.1, 0.15) is 17.6 Å². The van der Waals surface area contributed by atoms with Crippen LogP contribution in [0.15, 0.2) is 54.6 Å². The van der Waals surface area contributed by atoms with E-state index in [1.807, 2.05) is 54.6 Å². The summed E-state index contributed by atoms with van der Waals surface area (Å²) in [5.74, 6) is 1.63. The number of benzene rings is 2. The van der Waals surface area contributed by atoms with Crippen molar-refractivity contribution in [3.05, 3.63) is 60.2 Å². The Morgan fingerprint density at radius 3 is 2.10 bits per heavy atom. The lowest BCUT2D eigenvalue weighted by Gasteiger charge is -2.24. The van der Waals surface area contributed by atoms with Crippen LogP contribution >= 0.6 is 0 Å². The maximum absolute atomic E-state index is 6.30. The summed E-state index contributed by atoms with van der Waals surface area (Å²) in [7, 11) is 1.65. The van der Waals surface area contributed by atoms with Crippen molar-refractivity contribution in [2.45, 2.75) is 25.5 Å². The van der Waals surface area contributed by atoms with Crippen molar-refractivity contribution in [1.82, 2.24) is 0 Å². The number of hydrogen-bond donors (Lipinski definition) is 1. The fourth-order valence-electron chi connectivity index (χ4n) is 2.13. The third kappa shape index (κ3) is 3.52. The molecule has 0 radical (unpaired) electrons. The highest BCUT2D eigenvalue weighted by molar-refractivity contribution is 5.31. The first-order valence-corrected chi connectivity index (χ1v) is 6.85. The van der Waals surface area contributed by atoms with E-state index in [4.69, 9.17) is 15.2 Å². The Labute approximate surface area is 120 Å². The first-order valence-electron chi connectivity index (χ1n) is 6.85. The number of rotatable bonds is 6. The van der Waals surface area contributed by atoms with Gasteiger partial charge in [0, 0.05) is 0 Å². The summed E-state index contributed by atoms with van der Waals surface area (Å²) in [6.07, 6.45) is 0.799. The molecular weight excluding hydrogens is 250 g/mol. The molecule has 0 saturated carbocycles. The zero-order chi connectivity index (χ0) is 14.4. The van der Waals surface area contributed by atoms with E-state index < -0.39 is 0 Å². The van der Waals surface area contributed by atoms with Gasteiger partial charge >= 0.3 is 0 Å². The first-order chi connectivity index (χ1) is 9.74. The minimum absolute atomic E-state index is 0.0502. The molecule has 0 fully saturated rings. The van der Waals surface area contributed by atoms with Crippen LogP contribution in [0.2, 0.25) is 0 Å². The van der Waals surface area contributed by atoms with Crippen molar-refractivity contribution in [3.63, 3.8) is 0 Å². The van der Waals surface area contributed by atoms with E-state index in [1.165, 1.54) is 0 Å². The fraction of sp³-hybridized carbons (Fsp3) is 0.294. The highest BCUT2D eigenvalue weighted by Crippen LogP contribution is 2.24. The molecule has 3 heteroatoms. The van der Waals surface area contributed by atoms with Crippen molar-refractivity contribution in [1.29, 1.82) is 0 Å². The van der Waals surface area contributed by atoms with Gasteiger partial charge in [-0.25, -0.2) is 0 Å². The van der Waals surface area contributed by atoms with Gasteiger partial charge in [0.25, 0.3) is 0 Å². The summed E-state index contributed by atoms with van der Waals surface area (Å²) in [4.78, 5) is 0. The molecule has 2 aromatic rings. The van der Waals surface area contributed by atoms with Gasteiger partial charge in [0.05, 0.1) is 13.2 Å². The Morgan fingerprint density at radius 2 is 1.55 bits per heavy atom. The monoisotopic (exact) mass is 271 g/mol. The largest absolute Gasteiger partial charge is 0.497 e.